The molecule has 0 saturated carbocycles. The number of carboxylic acids is 1. The first kappa shape index (κ1) is 15.2. The summed E-state index contributed by atoms with van der Waals surface area (Å²) < 4.78 is 1.85. The van der Waals surface area contributed by atoms with Crippen molar-refractivity contribution < 1.29 is 14.7 Å². The third-order valence-corrected chi connectivity index (χ3v) is 3.93. The quantitative estimate of drug-likeness (QED) is 0.886. The largest absolute Gasteiger partial charge is 0.478 e. The number of carbonyl (C=O) groups is 2. The molecular weight excluding hydrogens is 296 g/mol. The third kappa shape index (κ3) is 3.23. The molecule has 23 heavy (non-hydrogen) atoms. The fraction of sp³-hybridized carbons (Fsp3) is 0.375. The first-order chi connectivity index (χ1) is 11.1. The molecule has 0 saturated heterocycles. The summed E-state index contributed by atoms with van der Waals surface area (Å²) >= 11 is 0. The lowest BCUT2D eigenvalue weighted by molar-refractivity contribution is 0.0697. The molecule has 1 atom stereocenters. The summed E-state index contributed by atoms with van der Waals surface area (Å²) in [4.78, 5) is 27.7. The Morgan fingerprint density at radius 3 is 2.91 bits per heavy atom. The molecule has 120 valence electrons. The lowest BCUT2D eigenvalue weighted by Gasteiger charge is -2.23. The van der Waals surface area contributed by atoms with Crippen LogP contribution in [-0.2, 0) is 19.4 Å². The van der Waals surface area contributed by atoms with E-state index in [-0.39, 0.29) is 17.5 Å². The fourth-order valence-corrected chi connectivity index (χ4v) is 2.69. The highest BCUT2D eigenvalue weighted by Crippen LogP contribution is 2.14. The van der Waals surface area contributed by atoms with E-state index < -0.39 is 5.97 Å². The molecule has 0 bridgehead atoms. The maximum Gasteiger partial charge on any atom is 0.335 e. The Hall–Kier alpha value is -2.70. The molecule has 3 rings (SSSR count). The number of aryl methyl sites for hydroxylation is 2. The zero-order chi connectivity index (χ0) is 16.4. The highest BCUT2D eigenvalue weighted by atomic mass is 16.4. The molecule has 2 heterocycles. The van der Waals surface area contributed by atoms with Gasteiger partial charge in [0.25, 0.3) is 5.91 Å². The molecule has 1 aliphatic rings. The standard InChI is InChI=1S/C16H18N4O3/c1-2-13-18-14-7-6-12(9-20(14)19-13)17-15(21)10-4-3-5-11(8-10)16(22)23/h3-5,8,12H,2,6-7,9H2,1H3,(H,17,21)(H,22,23). The second-order valence-corrected chi connectivity index (χ2v) is 5.57. The zero-order valence-electron chi connectivity index (χ0n) is 12.8. The van der Waals surface area contributed by atoms with Crippen LogP contribution in [0.1, 0.15) is 45.7 Å². The van der Waals surface area contributed by atoms with Gasteiger partial charge in [0, 0.05) is 24.4 Å². The fourth-order valence-electron chi connectivity index (χ4n) is 2.69. The van der Waals surface area contributed by atoms with Crippen LogP contribution in [0.5, 0.6) is 0 Å². The molecule has 0 aliphatic carbocycles. The van der Waals surface area contributed by atoms with Crippen LogP contribution in [-0.4, -0.2) is 37.8 Å². The molecule has 1 aromatic carbocycles. The van der Waals surface area contributed by atoms with E-state index in [1.54, 1.807) is 12.1 Å². The van der Waals surface area contributed by atoms with Gasteiger partial charge in [-0.15, -0.1) is 0 Å². The van der Waals surface area contributed by atoms with Gasteiger partial charge in [-0.2, -0.15) is 5.10 Å². The smallest absolute Gasteiger partial charge is 0.335 e. The van der Waals surface area contributed by atoms with Crippen LogP contribution in [0.4, 0.5) is 0 Å². The zero-order valence-corrected chi connectivity index (χ0v) is 12.8. The number of fused-ring (bicyclic) bond motifs is 1. The topological polar surface area (TPSA) is 97.1 Å². The number of nitrogens with one attached hydrogen (secondary N) is 1. The molecular formula is C16H18N4O3. The Morgan fingerprint density at radius 1 is 1.39 bits per heavy atom. The van der Waals surface area contributed by atoms with Crippen molar-refractivity contribution in [3.8, 4) is 0 Å². The second kappa shape index (κ2) is 6.20. The van der Waals surface area contributed by atoms with E-state index in [4.69, 9.17) is 5.11 Å². The van der Waals surface area contributed by atoms with Crippen LogP contribution < -0.4 is 5.32 Å². The van der Waals surface area contributed by atoms with Crippen molar-refractivity contribution >= 4 is 11.9 Å². The van der Waals surface area contributed by atoms with E-state index in [9.17, 15) is 9.59 Å². The van der Waals surface area contributed by atoms with Crippen LogP contribution >= 0.6 is 0 Å². The number of amides is 1. The van der Waals surface area contributed by atoms with Crippen LogP contribution in [0.3, 0.4) is 0 Å². The van der Waals surface area contributed by atoms with Crippen molar-refractivity contribution in [2.24, 2.45) is 0 Å². The minimum Gasteiger partial charge on any atom is -0.478 e. The summed E-state index contributed by atoms with van der Waals surface area (Å²) in [7, 11) is 0. The number of hydrogen-bond donors (Lipinski definition) is 2. The summed E-state index contributed by atoms with van der Waals surface area (Å²) in [6.45, 7) is 2.60. The van der Waals surface area contributed by atoms with Gasteiger partial charge >= 0.3 is 5.97 Å². The van der Waals surface area contributed by atoms with Crippen molar-refractivity contribution in [2.75, 3.05) is 0 Å². The van der Waals surface area contributed by atoms with Crippen LogP contribution in [0.2, 0.25) is 0 Å². The number of carbonyl (C=O) groups excluding carboxylic acids is 1. The molecule has 2 aromatic rings. The van der Waals surface area contributed by atoms with Gasteiger partial charge < -0.3 is 10.4 Å². The SMILES string of the molecule is CCc1nc2n(n1)CC(NC(=O)c1cccc(C(=O)O)c1)CC2. The van der Waals surface area contributed by atoms with Crippen molar-refractivity contribution in [1.29, 1.82) is 0 Å². The molecule has 0 spiro atoms. The Labute approximate surface area is 133 Å². The molecule has 1 aromatic heterocycles. The van der Waals surface area contributed by atoms with Crippen molar-refractivity contribution in [2.45, 2.75) is 38.8 Å². The van der Waals surface area contributed by atoms with Gasteiger partial charge in [-0.25, -0.2) is 14.5 Å². The highest BCUT2D eigenvalue weighted by molar-refractivity contribution is 5.97. The minimum atomic E-state index is -1.04. The molecule has 2 N–H and O–H groups in total. The van der Waals surface area contributed by atoms with Crippen LogP contribution in [0.15, 0.2) is 24.3 Å². The Balaban J connectivity index is 1.69. The van der Waals surface area contributed by atoms with Gasteiger partial charge in [-0.05, 0) is 24.6 Å². The van der Waals surface area contributed by atoms with Crippen molar-refractivity contribution in [1.82, 2.24) is 20.1 Å². The van der Waals surface area contributed by atoms with Crippen molar-refractivity contribution in [3.63, 3.8) is 0 Å². The number of aromatic carboxylic acids is 1. The van der Waals surface area contributed by atoms with E-state index in [2.05, 4.69) is 15.4 Å². The number of carboxylic acid groups (broad SMARTS) is 1. The summed E-state index contributed by atoms with van der Waals surface area (Å²) in [6, 6.07) is 6.00. The van der Waals surface area contributed by atoms with E-state index in [0.717, 1.165) is 30.9 Å². The monoisotopic (exact) mass is 314 g/mol. The van der Waals surface area contributed by atoms with E-state index in [1.165, 1.54) is 12.1 Å². The van der Waals surface area contributed by atoms with Crippen LogP contribution in [0.25, 0.3) is 0 Å². The van der Waals surface area contributed by atoms with Gasteiger partial charge in [0.1, 0.15) is 5.82 Å². The lowest BCUT2D eigenvalue weighted by atomic mass is 10.1. The maximum atomic E-state index is 12.3. The lowest BCUT2D eigenvalue weighted by Crippen LogP contribution is -2.41. The van der Waals surface area contributed by atoms with Crippen LogP contribution in [0, 0.1) is 0 Å². The van der Waals surface area contributed by atoms with Gasteiger partial charge in [0.2, 0.25) is 0 Å². The molecule has 0 fully saturated rings. The average Bonchev–Trinajstić information content (AvgIpc) is 2.97. The predicted molar refractivity (Wildman–Crippen MR) is 82.4 cm³/mol. The maximum absolute atomic E-state index is 12.3. The molecule has 1 aliphatic heterocycles. The Bertz CT molecular complexity index is 754. The Kier molecular flexibility index (Phi) is 4.10. The average molecular weight is 314 g/mol. The molecule has 7 heteroatoms. The first-order valence-electron chi connectivity index (χ1n) is 7.63. The van der Waals surface area contributed by atoms with Gasteiger partial charge in [0.05, 0.1) is 12.1 Å². The molecule has 7 nitrogen and oxygen atoms in total. The summed E-state index contributed by atoms with van der Waals surface area (Å²) in [5, 5.41) is 16.4. The molecule has 0 radical (unpaired) electrons. The Morgan fingerprint density at radius 2 is 2.17 bits per heavy atom. The molecule has 1 amide bonds. The number of hydrogen-bond acceptors (Lipinski definition) is 4. The highest BCUT2D eigenvalue weighted by Gasteiger charge is 2.23. The van der Waals surface area contributed by atoms with Gasteiger partial charge in [0.15, 0.2) is 5.82 Å². The van der Waals surface area contributed by atoms with E-state index >= 15 is 0 Å². The normalized spacial score (nSPS) is 16.7. The third-order valence-electron chi connectivity index (χ3n) is 3.93. The second-order valence-electron chi connectivity index (χ2n) is 5.57. The number of nitrogens with zero attached hydrogens (tertiary/aromatic N) is 3. The number of rotatable bonds is 4. The van der Waals surface area contributed by atoms with Crippen molar-refractivity contribution in [3.05, 3.63) is 47.0 Å². The van der Waals surface area contributed by atoms with E-state index in [1.807, 2.05) is 11.6 Å². The van der Waals surface area contributed by atoms with E-state index in [0.29, 0.717) is 12.1 Å². The summed E-state index contributed by atoms with van der Waals surface area (Å²) in [5.41, 5.74) is 0.455. The summed E-state index contributed by atoms with van der Waals surface area (Å²) in [5.74, 6) is 0.468. The van der Waals surface area contributed by atoms with Gasteiger partial charge in [-0.1, -0.05) is 13.0 Å². The predicted octanol–water partition coefficient (Wildman–Crippen LogP) is 1.28. The number of aromatic nitrogens is 3. The number of benzene rings is 1. The summed E-state index contributed by atoms with van der Waals surface area (Å²) in [6.07, 6.45) is 2.36. The minimum absolute atomic E-state index is 0.0325. The first-order valence-corrected chi connectivity index (χ1v) is 7.63. The molecule has 1 unspecified atom stereocenters. The van der Waals surface area contributed by atoms with Gasteiger partial charge in [-0.3, -0.25) is 4.79 Å².